The molecule has 1 saturated carbocycles. The van der Waals surface area contributed by atoms with E-state index in [4.69, 9.17) is 0 Å². The van der Waals surface area contributed by atoms with Crippen molar-refractivity contribution < 1.29 is 4.79 Å². The second-order valence-electron chi connectivity index (χ2n) is 4.90. The minimum Gasteiger partial charge on any atom is -0.341 e. The third-order valence-electron chi connectivity index (χ3n) is 3.96. The fourth-order valence-corrected chi connectivity index (χ4v) is 2.98. The summed E-state index contributed by atoms with van der Waals surface area (Å²) in [6.45, 7) is 5.70. The van der Waals surface area contributed by atoms with Gasteiger partial charge in [-0.2, -0.15) is 0 Å². The molecule has 0 aromatic rings. The van der Waals surface area contributed by atoms with Gasteiger partial charge in [-0.05, 0) is 19.8 Å². The van der Waals surface area contributed by atoms with Gasteiger partial charge in [0, 0.05) is 26.2 Å². The third kappa shape index (κ3) is 2.03. The van der Waals surface area contributed by atoms with Crippen molar-refractivity contribution in [2.75, 3.05) is 26.2 Å². The van der Waals surface area contributed by atoms with Gasteiger partial charge in [0.2, 0.25) is 5.91 Å². The quantitative estimate of drug-likeness (QED) is 0.709. The molecule has 2 aliphatic rings. The average Bonchev–Trinajstić information content (AvgIpc) is 2.42. The van der Waals surface area contributed by atoms with Gasteiger partial charge in [0.15, 0.2) is 0 Å². The molecule has 3 heteroatoms. The van der Waals surface area contributed by atoms with E-state index in [1.54, 1.807) is 0 Å². The summed E-state index contributed by atoms with van der Waals surface area (Å²) in [5, 5.41) is 3.44. The van der Waals surface area contributed by atoms with E-state index in [-0.39, 0.29) is 5.41 Å². The number of hydrogen-bond acceptors (Lipinski definition) is 2. The summed E-state index contributed by atoms with van der Waals surface area (Å²) in [4.78, 5) is 14.5. The van der Waals surface area contributed by atoms with Crippen LogP contribution in [0.4, 0.5) is 0 Å². The van der Waals surface area contributed by atoms with Gasteiger partial charge in [0.25, 0.3) is 0 Å². The molecule has 86 valence electrons. The van der Waals surface area contributed by atoms with E-state index in [1.807, 2.05) is 4.90 Å². The van der Waals surface area contributed by atoms with Gasteiger partial charge in [0.05, 0.1) is 5.41 Å². The average molecular weight is 210 g/mol. The molecule has 15 heavy (non-hydrogen) atoms. The van der Waals surface area contributed by atoms with Crippen LogP contribution in [0.1, 0.15) is 39.0 Å². The lowest BCUT2D eigenvalue weighted by Crippen LogP contribution is -2.46. The molecule has 3 nitrogen and oxygen atoms in total. The van der Waals surface area contributed by atoms with Crippen LogP contribution >= 0.6 is 0 Å². The molecule has 1 N–H and O–H groups in total. The van der Waals surface area contributed by atoms with Crippen molar-refractivity contribution in [1.29, 1.82) is 0 Å². The van der Waals surface area contributed by atoms with Crippen molar-refractivity contribution in [3.8, 4) is 0 Å². The van der Waals surface area contributed by atoms with E-state index in [0.717, 1.165) is 39.0 Å². The first kappa shape index (κ1) is 10.9. The first-order valence-corrected chi connectivity index (χ1v) is 6.29. The fraction of sp³-hybridized carbons (Fsp3) is 0.917. The Hall–Kier alpha value is -0.570. The van der Waals surface area contributed by atoms with Crippen molar-refractivity contribution in [3.05, 3.63) is 0 Å². The molecule has 0 aromatic heterocycles. The van der Waals surface area contributed by atoms with Crippen LogP contribution in [0, 0.1) is 5.41 Å². The number of nitrogens with one attached hydrogen (secondary N) is 1. The first-order valence-electron chi connectivity index (χ1n) is 6.29. The SMILES string of the molecule is CCN1CCNCC2(CCCCC2)C1=O. The molecule has 0 radical (unpaired) electrons. The number of nitrogens with zero attached hydrogens (tertiary/aromatic N) is 1. The lowest BCUT2D eigenvalue weighted by Gasteiger charge is -2.37. The molecule has 2 fully saturated rings. The highest BCUT2D eigenvalue weighted by Crippen LogP contribution is 2.38. The molecule has 0 bridgehead atoms. The Labute approximate surface area is 92.2 Å². The van der Waals surface area contributed by atoms with Gasteiger partial charge in [-0.3, -0.25) is 4.79 Å². The Morgan fingerprint density at radius 2 is 2.07 bits per heavy atom. The molecule has 1 amide bonds. The minimum atomic E-state index is -0.0508. The molecular weight excluding hydrogens is 188 g/mol. The third-order valence-corrected chi connectivity index (χ3v) is 3.96. The number of rotatable bonds is 1. The Kier molecular flexibility index (Phi) is 3.29. The van der Waals surface area contributed by atoms with Crippen LogP contribution < -0.4 is 5.32 Å². The van der Waals surface area contributed by atoms with Crippen LogP contribution in [0.3, 0.4) is 0 Å². The predicted octanol–water partition coefficient (Wildman–Crippen LogP) is 1.39. The lowest BCUT2D eigenvalue weighted by molar-refractivity contribution is -0.142. The van der Waals surface area contributed by atoms with E-state index in [1.165, 1.54) is 19.3 Å². The normalized spacial score (nSPS) is 26.7. The van der Waals surface area contributed by atoms with Gasteiger partial charge >= 0.3 is 0 Å². The summed E-state index contributed by atoms with van der Waals surface area (Å²) in [6.07, 6.45) is 5.95. The van der Waals surface area contributed by atoms with Crippen LogP contribution in [0.15, 0.2) is 0 Å². The van der Waals surface area contributed by atoms with Gasteiger partial charge in [0.1, 0.15) is 0 Å². The van der Waals surface area contributed by atoms with E-state index in [0.29, 0.717) is 5.91 Å². The standard InChI is InChI=1S/C12H22N2O/c1-2-14-9-8-13-10-12(11(14)15)6-4-3-5-7-12/h13H,2-10H2,1H3. The monoisotopic (exact) mass is 210 g/mol. The van der Waals surface area contributed by atoms with Crippen LogP contribution in [-0.4, -0.2) is 37.0 Å². The predicted molar refractivity (Wildman–Crippen MR) is 60.6 cm³/mol. The molecule has 1 aliphatic heterocycles. The highest BCUT2D eigenvalue weighted by molar-refractivity contribution is 5.83. The first-order chi connectivity index (χ1) is 7.28. The van der Waals surface area contributed by atoms with Crippen molar-refractivity contribution in [1.82, 2.24) is 10.2 Å². The van der Waals surface area contributed by atoms with Gasteiger partial charge in [-0.25, -0.2) is 0 Å². The lowest BCUT2D eigenvalue weighted by atomic mass is 9.73. The molecular formula is C12H22N2O. The van der Waals surface area contributed by atoms with Crippen molar-refractivity contribution >= 4 is 5.91 Å². The zero-order valence-corrected chi connectivity index (χ0v) is 9.72. The summed E-state index contributed by atoms with van der Waals surface area (Å²) in [5.74, 6) is 0.412. The smallest absolute Gasteiger partial charge is 0.230 e. The largest absolute Gasteiger partial charge is 0.341 e. The molecule has 1 heterocycles. The Balaban J connectivity index is 2.16. The summed E-state index contributed by atoms with van der Waals surface area (Å²) < 4.78 is 0. The molecule has 1 aliphatic carbocycles. The summed E-state index contributed by atoms with van der Waals surface area (Å²) in [7, 11) is 0. The summed E-state index contributed by atoms with van der Waals surface area (Å²) >= 11 is 0. The maximum Gasteiger partial charge on any atom is 0.230 e. The Morgan fingerprint density at radius 3 is 2.73 bits per heavy atom. The zero-order chi connectivity index (χ0) is 10.7. The van der Waals surface area contributed by atoms with E-state index >= 15 is 0 Å². The molecule has 1 saturated heterocycles. The second kappa shape index (κ2) is 4.52. The van der Waals surface area contributed by atoms with Crippen LogP contribution in [0.2, 0.25) is 0 Å². The highest BCUT2D eigenvalue weighted by atomic mass is 16.2. The van der Waals surface area contributed by atoms with E-state index in [9.17, 15) is 4.79 Å². The minimum absolute atomic E-state index is 0.0508. The van der Waals surface area contributed by atoms with Gasteiger partial charge in [-0.1, -0.05) is 19.3 Å². The maximum absolute atomic E-state index is 12.4. The van der Waals surface area contributed by atoms with Crippen molar-refractivity contribution in [2.45, 2.75) is 39.0 Å². The number of carbonyl (C=O) groups is 1. The highest BCUT2D eigenvalue weighted by Gasteiger charge is 2.42. The zero-order valence-electron chi connectivity index (χ0n) is 9.72. The van der Waals surface area contributed by atoms with Gasteiger partial charge in [-0.15, -0.1) is 0 Å². The molecule has 0 unspecified atom stereocenters. The summed E-state index contributed by atoms with van der Waals surface area (Å²) in [6, 6.07) is 0. The molecule has 0 aromatic carbocycles. The maximum atomic E-state index is 12.4. The topological polar surface area (TPSA) is 32.3 Å². The van der Waals surface area contributed by atoms with Crippen LogP contribution in [-0.2, 0) is 4.79 Å². The van der Waals surface area contributed by atoms with Crippen molar-refractivity contribution in [2.24, 2.45) is 5.41 Å². The number of carbonyl (C=O) groups excluding carboxylic acids is 1. The summed E-state index contributed by atoms with van der Waals surface area (Å²) in [5.41, 5.74) is -0.0508. The van der Waals surface area contributed by atoms with E-state index in [2.05, 4.69) is 12.2 Å². The number of hydrogen-bond donors (Lipinski definition) is 1. The molecule has 1 spiro atoms. The van der Waals surface area contributed by atoms with Crippen molar-refractivity contribution in [3.63, 3.8) is 0 Å². The van der Waals surface area contributed by atoms with Crippen LogP contribution in [0.5, 0.6) is 0 Å². The molecule has 0 atom stereocenters. The Morgan fingerprint density at radius 1 is 1.33 bits per heavy atom. The van der Waals surface area contributed by atoms with Crippen LogP contribution in [0.25, 0.3) is 0 Å². The second-order valence-corrected chi connectivity index (χ2v) is 4.90. The molecule has 2 rings (SSSR count). The number of amides is 1. The number of likely N-dealkylation sites (N-methyl/N-ethyl adjacent to an activating group) is 1. The van der Waals surface area contributed by atoms with Gasteiger partial charge < -0.3 is 10.2 Å². The Bertz CT molecular complexity index is 234. The fourth-order valence-electron chi connectivity index (χ4n) is 2.98. The van der Waals surface area contributed by atoms with E-state index < -0.39 is 0 Å².